The summed E-state index contributed by atoms with van der Waals surface area (Å²) >= 11 is 0. The van der Waals surface area contributed by atoms with E-state index in [1.54, 1.807) is 31.4 Å². The molecule has 9 heteroatoms. The van der Waals surface area contributed by atoms with E-state index in [-0.39, 0.29) is 47.4 Å². The molecular weight excluding hydrogens is 474 g/mol. The summed E-state index contributed by atoms with van der Waals surface area (Å²) in [6.07, 6.45) is 3.20. The SMILES string of the molecule is CNc1ccc2oc(C[C@H]3O[C@H](C)CC(C)[C@@H]([C@H](C)C(=O)c4ccc[nH]4)OCC[C@H]3C)nc2c1C(=O)O. The highest BCUT2D eigenvalue weighted by Crippen LogP contribution is 2.31. The molecule has 0 radical (unpaired) electrons. The number of fused-ring (bicyclic) bond motifs is 1. The van der Waals surface area contributed by atoms with Gasteiger partial charge < -0.3 is 29.3 Å². The van der Waals surface area contributed by atoms with E-state index in [4.69, 9.17) is 13.9 Å². The molecule has 1 aliphatic heterocycles. The zero-order valence-electron chi connectivity index (χ0n) is 22.1. The first kappa shape index (κ1) is 26.9. The third-order valence-electron chi connectivity index (χ3n) is 7.42. The van der Waals surface area contributed by atoms with Crippen molar-refractivity contribution < 1.29 is 28.6 Å². The number of aromatic nitrogens is 2. The summed E-state index contributed by atoms with van der Waals surface area (Å²) in [4.78, 5) is 32.4. The van der Waals surface area contributed by atoms with Crippen LogP contribution in [0.25, 0.3) is 11.1 Å². The van der Waals surface area contributed by atoms with Gasteiger partial charge in [0.25, 0.3) is 0 Å². The van der Waals surface area contributed by atoms with Crippen LogP contribution in [0.1, 0.15) is 67.3 Å². The highest BCUT2D eigenvalue weighted by Gasteiger charge is 2.34. The topological polar surface area (TPSA) is 127 Å². The van der Waals surface area contributed by atoms with Gasteiger partial charge in [0.1, 0.15) is 11.1 Å². The van der Waals surface area contributed by atoms with E-state index in [0.29, 0.717) is 41.4 Å². The number of carboxylic acid groups (broad SMARTS) is 1. The number of anilines is 1. The number of ketones is 1. The Morgan fingerprint density at radius 2 is 2.00 bits per heavy atom. The molecule has 0 aliphatic carbocycles. The minimum atomic E-state index is -1.06. The number of nitrogens with zero attached hydrogens (tertiary/aromatic N) is 1. The number of carbonyl (C=O) groups excluding carboxylic acids is 1. The number of Topliss-reactive ketones (excluding diaryl/α,β-unsaturated/α-hetero) is 1. The number of rotatable bonds is 7. The molecule has 1 saturated heterocycles. The second-order valence-electron chi connectivity index (χ2n) is 10.2. The van der Waals surface area contributed by atoms with E-state index >= 15 is 0 Å². The summed E-state index contributed by atoms with van der Waals surface area (Å²) in [5.41, 5.74) is 1.95. The van der Waals surface area contributed by atoms with Crippen LogP contribution in [0.15, 0.2) is 34.9 Å². The van der Waals surface area contributed by atoms with Crippen molar-refractivity contribution in [3.8, 4) is 0 Å². The zero-order valence-corrected chi connectivity index (χ0v) is 22.1. The number of aromatic amines is 1. The van der Waals surface area contributed by atoms with E-state index in [0.717, 1.165) is 12.8 Å². The predicted molar refractivity (Wildman–Crippen MR) is 140 cm³/mol. The number of oxazole rings is 1. The number of carbonyl (C=O) groups is 2. The first-order chi connectivity index (χ1) is 17.7. The van der Waals surface area contributed by atoms with Gasteiger partial charge in [0.2, 0.25) is 0 Å². The standard InChI is InChI=1S/C28H37N3O6/c1-15-10-12-35-27(18(4)26(32)20-7-6-11-30-20)16(2)13-17(3)36-22(15)14-23-31-25-21(37-23)9-8-19(29-5)24(25)28(33)34/h6-9,11,15-18,22,27,29-30H,10,12-14H2,1-5H3,(H,33,34)/t15-,16?,17-,18-,22-,27+/m1/s1. The molecule has 0 amide bonds. The van der Waals surface area contributed by atoms with Gasteiger partial charge in [-0.3, -0.25) is 4.79 Å². The lowest BCUT2D eigenvalue weighted by Gasteiger charge is -2.35. The molecule has 9 nitrogen and oxygen atoms in total. The van der Waals surface area contributed by atoms with Crippen molar-refractivity contribution in [2.45, 2.75) is 65.3 Å². The van der Waals surface area contributed by atoms with Crippen molar-refractivity contribution in [2.75, 3.05) is 19.0 Å². The lowest BCUT2D eigenvalue weighted by atomic mass is 9.85. The Labute approximate surface area is 216 Å². The molecule has 0 spiro atoms. The Bertz CT molecular complexity index is 1220. The predicted octanol–water partition coefficient (Wildman–Crippen LogP) is 5.18. The monoisotopic (exact) mass is 511 g/mol. The van der Waals surface area contributed by atoms with Gasteiger partial charge in [-0.15, -0.1) is 0 Å². The van der Waals surface area contributed by atoms with Crippen molar-refractivity contribution in [1.82, 2.24) is 9.97 Å². The highest BCUT2D eigenvalue weighted by molar-refractivity contribution is 6.06. The fraction of sp³-hybridized carbons (Fsp3) is 0.536. The third kappa shape index (κ3) is 5.88. The van der Waals surface area contributed by atoms with E-state index in [2.05, 4.69) is 29.1 Å². The number of ether oxygens (including phenoxy) is 2. The van der Waals surface area contributed by atoms with Crippen LogP contribution >= 0.6 is 0 Å². The van der Waals surface area contributed by atoms with Gasteiger partial charge >= 0.3 is 5.97 Å². The lowest BCUT2D eigenvalue weighted by Crippen LogP contribution is -2.39. The third-order valence-corrected chi connectivity index (χ3v) is 7.42. The van der Waals surface area contributed by atoms with Crippen LogP contribution in [-0.4, -0.2) is 58.8 Å². The van der Waals surface area contributed by atoms with Crippen molar-refractivity contribution in [3.63, 3.8) is 0 Å². The second kappa shape index (κ2) is 11.5. The van der Waals surface area contributed by atoms with Gasteiger partial charge in [-0.05, 0) is 55.9 Å². The van der Waals surface area contributed by atoms with Crippen LogP contribution in [0.3, 0.4) is 0 Å². The highest BCUT2D eigenvalue weighted by atomic mass is 16.5. The normalized spacial score (nSPS) is 26.0. The zero-order chi connectivity index (χ0) is 26.7. The Morgan fingerprint density at radius 3 is 2.68 bits per heavy atom. The molecule has 1 aromatic carbocycles. The quantitative estimate of drug-likeness (QED) is 0.370. The Kier molecular flexibility index (Phi) is 8.34. The molecule has 3 heterocycles. The minimum Gasteiger partial charge on any atom is -0.478 e. The van der Waals surface area contributed by atoms with Gasteiger partial charge in [0, 0.05) is 25.8 Å². The van der Waals surface area contributed by atoms with E-state index in [1.807, 2.05) is 19.9 Å². The van der Waals surface area contributed by atoms with Crippen molar-refractivity contribution >= 4 is 28.5 Å². The van der Waals surface area contributed by atoms with Crippen LogP contribution < -0.4 is 5.32 Å². The Hall–Kier alpha value is -3.17. The molecule has 3 N–H and O–H groups in total. The van der Waals surface area contributed by atoms with Crippen LogP contribution in [0.2, 0.25) is 0 Å². The number of carboxylic acids is 1. The Morgan fingerprint density at radius 1 is 1.22 bits per heavy atom. The molecule has 200 valence electrons. The molecule has 3 aromatic rings. The maximum Gasteiger partial charge on any atom is 0.340 e. The molecular formula is C28H37N3O6. The molecule has 6 atom stereocenters. The van der Waals surface area contributed by atoms with Gasteiger partial charge in [-0.2, -0.15) is 0 Å². The fourth-order valence-electron chi connectivity index (χ4n) is 5.37. The van der Waals surface area contributed by atoms with E-state index < -0.39 is 5.97 Å². The average Bonchev–Trinajstić information content (AvgIpc) is 3.53. The smallest absolute Gasteiger partial charge is 0.340 e. The lowest BCUT2D eigenvalue weighted by molar-refractivity contribution is -0.0884. The first-order valence-electron chi connectivity index (χ1n) is 13.0. The summed E-state index contributed by atoms with van der Waals surface area (Å²) in [5.74, 6) is -0.595. The number of hydrogen-bond donors (Lipinski definition) is 3. The second-order valence-corrected chi connectivity index (χ2v) is 10.2. The van der Waals surface area contributed by atoms with Gasteiger partial charge in [-0.25, -0.2) is 9.78 Å². The molecule has 2 aromatic heterocycles. The summed E-state index contributed by atoms with van der Waals surface area (Å²) < 4.78 is 18.8. The number of H-pyrrole nitrogens is 1. The maximum absolute atomic E-state index is 13.0. The molecule has 0 bridgehead atoms. The van der Waals surface area contributed by atoms with Crippen LogP contribution in [0, 0.1) is 17.8 Å². The molecule has 1 fully saturated rings. The molecule has 0 saturated carbocycles. The molecule has 4 rings (SSSR count). The number of hydrogen-bond acceptors (Lipinski definition) is 7. The van der Waals surface area contributed by atoms with Gasteiger partial charge in [0.15, 0.2) is 17.3 Å². The molecule has 37 heavy (non-hydrogen) atoms. The summed E-state index contributed by atoms with van der Waals surface area (Å²) in [6, 6.07) is 7.04. The summed E-state index contributed by atoms with van der Waals surface area (Å²) in [7, 11) is 1.68. The summed E-state index contributed by atoms with van der Waals surface area (Å²) in [5, 5.41) is 12.6. The number of benzene rings is 1. The minimum absolute atomic E-state index is 0.0523. The van der Waals surface area contributed by atoms with Gasteiger partial charge in [0.05, 0.1) is 36.1 Å². The first-order valence-corrected chi connectivity index (χ1v) is 13.0. The van der Waals surface area contributed by atoms with Crippen molar-refractivity contribution in [3.05, 3.63) is 47.6 Å². The van der Waals surface area contributed by atoms with E-state index in [1.165, 1.54) is 0 Å². The largest absolute Gasteiger partial charge is 0.478 e. The van der Waals surface area contributed by atoms with Crippen LogP contribution in [0.4, 0.5) is 5.69 Å². The fourth-order valence-corrected chi connectivity index (χ4v) is 5.37. The van der Waals surface area contributed by atoms with Crippen LogP contribution in [-0.2, 0) is 15.9 Å². The number of aromatic carboxylic acids is 1. The Balaban J connectivity index is 1.50. The number of nitrogens with one attached hydrogen (secondary N) is 2. The summed E-state index contributed by atoms with van der Waals surface area (Å²) in [6.45, 7) is 8.70. The molecule has 1 aliphatic rings. The van der Waals surface area contributed by atoms with Crippen molar-refractivity contribution in [2.24, 2.45) is 17.8 Å². The van der Waals surface area contributed by atoms with Gasteiger partial charge in [-0.1, -0.05) is 20.8 Å². The van der Waals surface area contributed by atoms with Crippen LogP contribution in [0.5, 0.6) is 0 Å². The van der Waals surface area contributed by atoms with E-state index in [9.17, 15) is 14.7 Å². The maximum atomic E-state index is 13.0. The average molecular weight is 512 g/mol. The molecule has 1 unspecified atom stereocenters. The van der Waals surface area contributed by atoms with Crippen molar-refractivity contribution in [1.29, 1.82) is 0 Å².